The minimum Gasteiger partial charge on any atom is -0.377 e. The number of carbonyl (C=O) groups excluding carboxylic acids is 1. The number of halogens is 1. The summed E-state index contributed by atoms with van der Waals surface area (Å²) >= 11 is 5.88. The molecule has 5 heteroatoms. The van der Waals surface area contributed by atoms with Crippen LogP contribution < -0.4 is 5.01 Å². The molecule has 21 heavy (non-hydrogen) atoms. The number of benzene rings is 1. The van der Waals surface area contributed by atoms with Crippen LogP contribution in [-0.2, 0) is 4.79 Å². The molecule has 110 valence electrons. The van der Waals surface area contributed by atoms with E-state index in [-0.39, 0.29) is 5.91 Å². The van der Waals surface area contributed by atoms with E-state index in [1.54, 1.807) is 24.3 Å². The van der Waals surface area contributed by atoms with Gasteiger partial charge in [-0.05, 0) is 50.5 Å². The Labute approximate surface area is 129 Å². The van der Waals surface area contributed by atoms with Gasteiger partial charge in [0.15, 0.2) is 0 Å². The predicted octanol–water partition coefficient (Wildman–Crippen LogP) is 3.43. The maximum Gasteiger partial charge on any atom is 0.282 e. The van der Waals surface area contributed by atoms with Crippen molar-refractivity contribution in [1.82, 2.24) is 4.90 Å². The summed E-state index contributed by atoms with van der Waals surface area (Å²) < 4.78 is 0. The Morgan fingerprint density at radius 3 is 2.48 bits per heavy atom. The molecule has 1 saturated heterocycles. The van der Waals surface area contributed by atoms with E-state index in [4.69, 9.17) is 11.6 Å². The molecule has 0 radical (unpaired) electrons. The average molecular weight is 304 g/mol. The maximum atomic E-state index is 12.6. The Balaban J connectivity index is 1.83. The van der Waals surface area contributed by atoms with Crippen LogP contribution in [0.2, 0.25) is 5.02 Å². The van der Waals surface area contributed by atoms with E-state index in [1.165, 1.54) is 24.3 Å². The van der Waals surface area contributed by atoms with Crippen LogP contribution in [0.25, 0.3) is 0 Å². The van der Waals surface area contributed by atoms with Gasteiger partial charge >= 0.3 is 0 Å². The zero-order chi connectivity index (χ0) is 14.8. The number of hydrogen-bond donors (Lipinski definition) is 0. The van der Waals surface area contributed by atoms with Crippen molar-refractivity contribution in [2.45, 2.75) is 26.2 Å². The summed E-state index contributed by atoms with van der Waals surface area (Å²) in [7, 11) is 0. The van der Waals surface area contributed by atoms with Gasteiger partial charge in [-0.3, -0.25) is 4.79 Å². The molecule has 0 aromatic heterocycles. The predicted molar refractivity (Wildman–Crippen MR) is 85.6 cm³/mol. The molecule has 2 aliphatic rings. The van der Waals surface area contributed by atoms with Gasteiger partial charge in [-0.1, -0.05) is 11.6 Å². The fourth-order valence-electron chi connectivity index (χ4n) is 2.65. The summed E-state index contributed by atoms with van der Waals surface area (Å²) in [6.07, 6.45) is 5.62. The van der Waals surface area contributed by atoms with Crippen molar-refractivity contribution in [3.05, 3.63) is 41.1 Å². The second-order valence-corrected chi connectivity index (χ2v) is 5.85. The molecule has 0 unspecified atom stereocenters. The van der Waals surface area contributed by atoms with Crippen LogP contribution in [0.15, 0.2) is 41.1 Å². The van der Waals surface area contributed by atoms with Gasteiger partial charge in [-0.2, -0.15) is 10.1 Å². The third-order valence-electron chi connectivity index (χ3n) is 3.84. The highest BCUT2D eigenvalue weighted by molar-refractivity contribution is 6.31. The number of likely N-dealkylation sites (tertiary alicyclic amines) is 1. The van der Waals surface area contributed by atoms with Gasteiger partial charge in [0.1, 0.15) is 0 Å². The van der Waals surface area contributed by atoms with Gasteiger partial charge in [0, 0.05) is 24.3 Å². The number of nitrogens with zero attached hydrogens (tertiary/aromatic N) is 3. The first kappa shape index (κ1) is 14.1. The molecule has 0 spiro atoms. The summed E-state index contributed by atoms with van der Waals surface area (Å²) in [5.74, 6) is -0.0691. The summed E-state index contributed by atoms with van der Waals surface area (Å²) in [6.45, 7) is 3.92. The Hall–Kier alpha value is -1.81. The highest BCUT2D eigenvalue weighted by Gasteiger charge is 2.29. The summed E-state index contributed by atoms with van der Waals surface area (Å²) in [5, 5.41) is 6.47. The van der Waals surface area contributed by atoms with Crippen LogP contribution in [0.4, 0.5) is 5.69 Å². The SMILES string of the molecule is CC1=NN(c2ccc(Cl)cc2)C(=O)C1=CN1CCCCC1. The lowest BCUT2D eigenvalue weighted by Crippen LogP contribution is -2.27. The van der Waals surface area contributed by atoms with Crippen molar-refractivity contribution < 1.29 is 4.79 Å². The van der Waals surface area contributed by atoms with E-state index in [0.717, 1.165) is 24.5 Å². The van der Waals surface area contributed by atoms with E-state index in [2.05, 4.69) is 10.0 Å². The van der Waals surface area contributed by atoms with E-state index in [0.29, 0.717) is 10.6 Å². The third-order valence-corrected chi connectivity index (χ3v) is 4.09. The van der Waals surface area contributed by atoms with Crippen LogP contribution in [0.5, 0.6) is 0 Å². The zero-order valence-corrected chi connectivity index (χ0v) is 12.8. The molecular weight excluding hydrogens is 286 g/mol. The molecule has 4 nitrogen and oxygen atoms in total. The van der Waals surface area contributed by atoms with Gasteiger partial charge in [0.25, 0.3) is 5.91 Å². The first-order chi connectivity index (χ1) is 10.1. The van der Waals surface area contributed by atoms with Crippen LogP contribution in [-0.4, -0.2) is 29.6 Å². The van der Waals surface area contributed by atoms with Crippen LogP contribution in [0.1, 0.15) is 26.2 Å². The molecular formula is C16H18ClN3O. The quantitative estimate of drug-likeness (QED) is 0.785. The first-order valence-corrected chi connectivity index (χ1v) is 7.64. The van der Waals surface area contributed by atoms with Gasteiger partial charge in [-0.25, -0.2) is 0 Å². The number of amides is 1. The standard InChI is InChI=1S/C16H18ClN3O/c1-12-15(11-19-9-3-2-4-10-19)16(21)20(18-12)14-7-5-13(17)6-8-14/h5-8,11H,2-4,9-10H2,1H3. The third kappa shape index (κ3) is 2.95. The molecule has 0 atom stereocenters. The number of hydrogen-bond acceptors (Lipinski definition) is 3. The molecule has 0 aliphatic carbocycles. The van der Waals surface area contributed by atoms with E-state index in [1.807, 2.05) is 13.1 Å². The van der Waals surface area contributed by atoms with Crippen molar-refractivity contribution in [3.63, 3.8) is 0 Å². The molecule has 1 aromatic carbocycles. The summed E-state index contributed by atoms with van der Waals surface area (Å²) in [4.78, 5) is 14.8. The normalized spacial score (nSPS) is 21.1. The number of hydrazone groups is 1. The molecule has 2 heterocycles. The van der Waals surface area contributed by atoms with Gasteiger partial charge in [0.2, 0.25) is 0 Å². The lowest BCUT2D eigenvalue weighted by Gasteiger charge is -2.25. The van der Waals surface area contributed by atoms with Crippen LogP contribution in [0, 0.1) is 0 Å². The number of rotatable bonds is 2. The van der Waals surface area contributed by atoms with Gasteiger partial charge < -0.3 is 4.90 Å². The number of carbonyl (C=O) groups is 1. The minimum absolute atomic E-state index is 0.0691. The lowest BCUT2D eigenvalue weighted by atomic mass is 10.1. The maximum absolute atomic E-state index is 12.6. The molecule has 1 aromatic rings. The molecule has 3 rings (SSSR count). The van der Waals surface area contributed by atoms with Crippen molar-refractivity contribution >= 4 is 28.9 Å². The molecule has 2 aliphatic heterocycles. The van der Waals surface area contributed by atoms with Gasteiger partial charge in [-0.15, -0.1) is 0 Å². The van der Waals surface area contributed by atoms with Crippen molar-refractivity contribution in [1.29, 1.82) is 0 Å². The Morgan fingerprint density at radius 1 is 1.14 bits per heavy atom. The largest absolute Gasteiger partial charge is 0.377 e. The topological polar surface area (TPSA) is 35.9 Å². The first-order valence-electron chi connectivity index (χ1n) is 7.26. The molecule has 0 bridgehead atoms. The fourth-order valence-corrected chi connectivity index (χ4v) is 2.78. The second kappa shape index (κ2) is 5.90. The highest BCUT2D eigenvalue weighted by atomic mass is 35.5. The zero-order valence-electron chi connectivity index (χ0n) is 12.1. The minimum atomic E-state index is -0.0691. The molecule has 1 fully saturated rings. The summed E-state index contributed by atoms with van der Waals surface area (Å²) in [6, 6.07) is 7.14. The van der Waals surface area contributed by atoms with Crippen molar-refractivity contribution in [2.24, 2.45) is 5.10 Å². The number of anilines is 1. The Morgan fingerprint density at radius 2 is 1.81 bits per heavy atom. The van der Waals surface area contributed by atoms with E-state index < -0.39 is 0 Å². The Kier molecular flexibility index (Phi) is 3.97. The number of piperidine rings is 1. The highest BCUT2D eigenvalue weighted by Crippen LogP contribution is 2.25. The molecule has 1 amide bonds. The monoisotopic (exact) mass is 303 g/mol. The smallest absolute Gasteiger partial charge is 0.282 e. The molecule has 0 N–H and O–H groups in total. The van der Waals surface area contributed by atoms with E-state index >= 15 is 0 Å². The molecule has 0 saturated carbocycles. The van der Waals surface area contributed by atoms with Crippen molar-refractivity contribution in [2.75, 3.05) is 18.1 Å². The van der Waals surface area contributed by atoms with E-state index in [9.17, 15) is 4.79 Å². The van der Waals surface area contributed by atoms with Crippen LogP contribution >= 0.6 is 11.6 Å². The second-order valence-electron chi connectivity index (χ2n) is 5.42. The van der Waals surface area contributed by atoms with Gasteiger partial charge in [0.05, 0.1) is 17.0 Å². The lowest BCUT2D eigenvalue weighted by molar-refractivity contribution is -0.114. The average Bonchev–Trinajstić information content (AvgIpc) is 2.77. The van der Waals surface area contributed by atoms with Crippen LogP contribution in [0.3, 0.4) is 0 Å². The van der Waals surface area contributed by atoms with Crippen molar-refractivity contribution in [3.8, 4) is 0 Å². The fraction of sp³-hybridized carbons (Fsp3) is 0.375. The Bertz CT molecular complexity index is 600. The summed E-state index contributed by atoms with van der Waals surface area (Å²) in [5.41, 5.74) is 2.19.